The predicted molar refractivity (Wildman–Crippen MR) is 67.8 cm³/mol. The van der Waals surface area contributed by atoms with Crippen molar-refractivity contribution in [2.24, 2.45) is 0 Å². The van der Waals surface area contributed by atoms with E-state index in [1.807, 2.05) is 0 Å². The molecule has 1 heteroatoms. The fraction of sp³-hybridized carbons (Fsp3) is 0.286. The molecule has 0 amide bonds. The minimum atomic E-state index is 0.851. The molecule has 1 aliphatic carbocycles. The average Bonchev–Trinajstić information content (AvgIpc) is 2.60. The molecule has 0 nitrogen and oxygen atoms in total. The van der Waals surface area contributed by atoms with Crippen LogP contribution in [0.4, 0.5) is 0 Å². The van der Waals surface area contributed by atoms with Crippen LogP contribution >= 0.6 is 0 Å². The highest BCUT2D eigenvalue weighted by atomic mass is 28.2. The minimum absolute atomic E-state index is 0.851. The standard InChI is InChI=1S/C14H16Si/c1-10-6-4-9-14(12(10)3)15-13-8-5-7-11(13)2/h4-7,9H,8H2,1-3H3. The molecule has 1 aromatic rings. The molecular weight excluding hydrogens is 196 g/mol. The van der Waals surface area contributed by atoms with Gasteiger partial charge >= 0.3 is 0 Å². The van der Waals surface area contributed by atoms with Crippen LogP contribution in [-0.4, -0.2) is 9.52 Å². The lowest BCUT2D eigenvalue weighted by Crippen LogP contribution is -2.20. The third-order valence-corrected chi connectivity index (χ3v) is 4.77. The first-order chi connectivity index (χ1) is 7.18. The van der Waals surface area contributed by atoms with Crippen LogP contribution in [0, 0.1) is 13.8 Å². The Morgan fingerprint density at radius 2 is 1.93 bits per heavy atom. The summed E-state index contributed by atoms with van der Waals surface area (Å²) >= 11 is 0. The smallest absolute Gasteiger partial charge is 0.0806 e. The van der Waals surface area contributed by atoms with Crippen molar-refractivity contribution in [3.05, 3.63) is 52.2 Å². The van der Waals surface area contributed by atoms with Crippen molar-refractivity contribution in [2.75, 3.05) is 0 Å². The van der Waals surface area contributed by atoms with Crippen molar-refractivity contribution < 1.29 is 0 Å². The maximum absolute atomic E-state index is 2.27. The maximum atomic E-state index is 2.27. The molecule has 0 saturated heterocycles. The monoisotopic (exact) mass is 212 g/mol. The molecule has 0 N–H and O–H groups in total. The van der Waals surface area contributed by atoms with Crippen LogP contribution in [-0.2, 0) is 0 Å². The first kappa shape index (κ1) is 10.4. The quantitative estimate of drug-likeness (QED) is 0.661. The van der Waals surface area contributed by atoms with E-state index in [2.05, 4.69) is 51.1 Å². The molecule has 76 valence electrons. The molecule has 0 spiro atoms. The average molecular weight is 212 g/mol. The summed E-state index contributed by atoms with van der Waals surface area (Å²) in [4.78, 5) is 0. The maximum Gasteiger partial charge on any atom is 0.116 e. The molecule has 1 aromatic carbocycles. The Morgan fingerprint density at radius 1 is 1.13 bits per heavy atom. The molecule has 0 fully saturated rings. The largest absolute Gasteiger partial charge is 0.116 e. The molecule has 0 bridgehead atoms. The summed E-state index contributed by atoms with van der Waals surface area (Å²) in [5, 5.41) is 3.11. The molecule has 0 heterocycles. The van der Waals surface area contributed by atoms with Crippen LogP contribution in [0.2, 0.25) is 0 Å². The van der Waals surface area contributed by atoms with E-state index in [1.54, 1.807) is 5.20 Å². The van der Waals surface area contributed by atoms with Crippen LogP contribution < -0.4 is 5.19 Å². The second-order valence-electron chi connectivity index (χ2n) is 4.14. The number of benzene rings is 1. The van der Waals surface area contributed by atoms with Gasteiger partial charge in [-0.15, -0.1) is 0 Å². The molecule has 2 radical (unpaired) electrons. The van der Waals surface area contributed by atoms with Crippen molar-refractivity contribution in [1.29, 1.82) is 0 Å². The Morgan fingerprint density at radius 3 is 2.60 bits per heavy atom. The molecule has 0 saturated carbocycles. The number of hydrogen-bond donors (Lipinski definition) is 0. The lowest BCUT2D eigenvalue weighted by Gasteiger charge is -2.09. The molecule has 0 aliphatic heterocycles. The number of aryl methyl sites for hydroxylation is 1. The molecular formula is C14H16Si. The predicted octanol–water partition coefficient (Wildman–Crippen LogP) is 2.87. The van der Waals surface area contributed by atoms with E-state index in [-0.39, 0.29) is 0 Å². The van der Waals surface area contributed by atoms with Gasteiger partial charge in [0.1, 0.15) is 9.52 Å². The Labute approximate surface area is 94.5 Å². The lowest BCUT2D eigenvalue weighted by molar-refractivity contribution is 1.35. The van der Waals surface area contributed by atoms with Crippen molar-refractivity contribution in [3.8, 4) is 0 Å². The fourth-order valence-electron chi connectivity index (χ4n) is 1.81. The van der Waals surface area contributed by atoms with Gasteiger partial charge in [-0.05, 0) is 38.3 Å². The van der Waals surface area contributed by atoms with Gasteiger partial charge in [0, 0.05) is 0 Å². The number of hydrogen-bond acceptors (Lipinski definition) is 0. The summed E-state index contributed by atoms with van der Waals surface area (Å²) in [7, 11) is 0.851. The molecule has 15 heavy (non-hydrogen) atoms. The molecule has 0 aromatic heterocycles. The summed E-state index contributed by atoms with van der Waals surface area (Å²) in [6.07, 6.45) is 5.66. The highest BCUT2D eigenvalue weighted by Crippen LogP contribution is 2.17. The first-order valence-corrected chi connectivity index (χ1v) is 6.38. The van der Waals surface area contributed by atoms with E-state index in [0.717, 1.165) is 15.9 Å². The molecule has 1 aliphatic rings. The van der Waals surface area contributed by atoms with Crippen molar-refractivity contribution in [2.45, 2.75) is 27.2 Å². The second-order valence-corrected chi connectivity index (χ2v) is 5.53. The number of allylic oxidation sites excluding steroid dienone is 4. The SMILES string of the molecule is CC1=C([Si]c2cccc(C)c2C)CC=C1. The van der Waals surface area contributed by atoms with E-state index in [0.29, 0.717) is 0 Å². The van der Waals surface area contributed by atoms with Gasteiger partial charge in [0.05, 0.1) is 0 Å². The van der Waals surface area contributed by atoms with Gasteiger partial charge in [0.15, 0.2) is 0 Å². The van der Waals surface area contributed by atoms with Crippen LogP contribution in [0.5, 0.6) is 0 Å². The summed E-state index contributed by atoms with van der Waals surface area (Å²) in [5.41, 5.74) is 4.33. The topological polar surface area (TPSA) is 0 Å². The lowest BCUT2D eigenvalue weighted by atomic mass is 10.1. The van der Waals surface area contributed by atoms with Gasteiger partial charge in [0.25, 0.3) is 0 Å². The third-order valence-electron chi connectivity index (χ3n) is 3.06. The first-order valence-electron chi connectivity index (χ1n) is 5.38. The van der Waals surface area contributed by atoms with Crippen LogP contribution in [0.15, 0.2) is 41.1 Å². The van der Waals surface area contributed by atoms with E-state index < -0.39 is 0 Å². The Balaban J connectivity index is 2.26. The normalized spacial score (nSPS) is 15.1. The van der Waals surface area contributed by atoms with E-state index in [4.69, 9.17) is 0 Å². The van der Waals surface area contributed by atoms with Crippen LogP contribution in [0.3, 0.4) is 0 Å². The Kier molecular flexibility index (Phi) is 2.92. The van der Waals surface area contributed by atoms with Gasteiger partial charge in [-0.25, -0.2) is 0 Å². The zero-order valence-corrected chi connectivity index (χ0v) is 10.6. The fourth-order valence-corrected chi connectivity index (χ4v) is 3.20. The van der Waals surface area contributed by atoms with E-state index in [1.165, 1.54) is 21.9 Å². The zero-order chi connectivity index (χ0) is 10.8. The second kappa shape index (κ2) is 4.19. The molecule has 0 atom stereocenters. The zero-order valence-electron chi connectivity index (χ0n) is 9.59. The van der Waals surface area contributed by atoms with Crippen molar-refractivity contribution >= 4 is 14.7 Å². The van der Waals surface area contributed by atoms with Crippen molar-refractivity contribution in [1.82, 2.24) is 0 Å². The summed E-state index contributed by atoms with van der Waals surface area (Å²) in [5.74, 6) is 0. The highest BCUT2D eigenvalue weighted by molar-refractivity contribution is 6.61. The summed E-state index contributed by atoms with van der Waals surface area (Å²) in [6.45, 7) is 6.64. The molecule has 0 unspecified atom stereocenters. The van der Waals surface area contributed by atoms with Gasteiger partial charge in [-0.3, -0.25) is 0 Å². The van der Waals surface area contributed by atoms with Gasteiger partial charge < -0.3 is 0 Å². The van der Waals surface area contributed by atoms with E-state index in [9.17, 15) is 0 Å². The summed E-state index contributed by atoms with van der Waals surface area (Å²) < 4.78 is 0. The third kappa shape index (κ3) is 2.12. The number of rotatable bonds is 2. The van der Waals surface area contributed by atoms with Crippen molar-refractivity contribution in [3.63, 3.8) is 0 Å². The van der Waals surface area contributed by atoms with Gasteiger partial charge in [0.2, 0.25) is 0 Å². The van der Waals surface area contributed by atoms with Gasteiger partial charge in [-0.2, -0.15) is 0 Å². The van der Waals surface area contributed by atoms with E-state index >= 15 is 0 Å². The van der Waals surface area contributed by atoms with Gasteiger partial charge in [-0.1, -0.05) is 46.3 Å². The Hall–Kier alpha value is -1.08. The minimum Gasteiger partial charge on any atom is -0.0806 e. The Bertz CT molecular complexity index is 439. The highest BCUT2D eigenvalue weighted by Gasteiger charge is 2.09. The van der Waals surface area contributed by atoms with Crippen LogP contribution in [0.25, 0.3) is 0 Å². The van der Waals surface area contributed by atoms with Crippen LogP contribution in [0.1, 0.15) is 24.5 Å². The summed E-state index contributed by atoms with van der Waals surface area (Å²) in [6, 6.07) is 6.62. The molecule has 2 rings (SSSR count).